The molecule has 0 atom stereocenters. The van der Waals surface area contributed by atoms with E-state index in [1.54, 1.807) is 24.3 Å². The second-order valence-corrected chi connectivity index (χ2v) is 6.68. The van der Waals surface area contributed by atoms with Gasteiger partial charge in [0.15, 0.2) is 6.61 Å². The summed E-state index contributed by atoms with van der Waals surface area (Å²) in [6.07, 6.45) is 0. The standard InChI is InChI=1S/C20H23NO4/c1-20(2,3)15-6-5-7-17(12-15)25-13-18(22)21-16-10-8-14(9-11-16)19(23)24-4/h5-12H,13H2,1-4H3,(H,21,22). The minimum Gasteiger partial charge on any atom is -0.484 e. The summed E-state index contributed by atoms with van der Waals surface area (Å²) in [5, 5.41) is 2.73. The number of ether oxygens (including phenoxy) is 2. The largest absolute Gasteiger partial charge is 0.484 e. The van der Waals surface area contributed by atoms with Crippen molar-refractivity contribution in [1.29, 1.82) is 0 Å². The molecule has 1 amide bonds. The fraction of sp³-hybridized carbons (Fsp3) is 0.300. The van der Waals surface area contributed by atoms with Gasteiger partial charge in [-0.25, -0.2) is 4.79 Å². The van der Waals surface area contributed by atoms with Crippen molar-refractivity contribution in [2.75, 3.05) is 19.0 Å². The fourth-order valence-electron chi connectivity index (χ4n) is 2.21. The van der Waals surface area contributed by atoms with Crippen LogP contribution in [0.15, 0.2) is 48.5 Å². The molecular weight excluding hydrogens is 318 g/mol. The number of hydrogen-bond donors (Lipinski definition) is 1. The highest BCUT2D eigenvalue weighted by Gasteiger charge is 2.14. The van der Waals surface area contributed by atoms with E-state index in [1.807, 2.05) is 24.3 Å². The number of rotatable bonds is 5. The SMILES string of the molecule is COC(=O)c1ccc(NC(=O)COc2cccc(C(C)(C)C)c2)cc1. The zero-order chi connectivity index (χ0) is 18.4. The second kappa shape index (κ2) is 7.83. The first-order valence-electron chi connectivity index (χ1n) is 8.01. The molecule has 0 aromatic heterocycles. The van der Waals surface area contributed by atoms with Crippen LogP contribution in [0.3, 0.4) is 0 Å². The number of amides is 1. The molecule has 0 aliphatic heterocycles. The molecule has 0 aliphatic carbocycles. The lowest BCUT2D eigenvalue weighted by Gasteiger charge is -2.19. The highest BCUT2D eigenvalue weighted by molar-refractivity contribution is 5.93. The van der Waals surface area contributed by atoms with Crippen LogP contribution < -0.4 is 10.1 Å². The maximum Gasteiger partial charge on any atom is 0.337 e. The minimum absolute atomic E-state index is 0.0169. The van der Waals surface area contributed by atoms with E-state index in [1.165, 1.54) is 7.11 Å². The predicted molar refractivity (Wildman–Crippen MR) is 97.0 cm³/mol. The second-order valence-electron chi connectivity index (χ2n) is 6.68. The van der Waals surface area contributed by atoms with E-state index in [0.29, 0.717) is 17.0 Å². The van der Waals surface area contributed by atoms with Crippen molar-refractivity contribution in [3.8, 4) is 5.75 Å². The summed E-state index contributed by atoms with van der Waals surface area (Å²) in [6.45, 7) is 6.27. The van der Waals surface area contributed by atoms with E-state index in [2.05, 4.69) is 30.8 Å². The van der Waals surface area contributed by atoms with Crippen LogP contribution in [0.2, 0.25) is 0 Å². The highest BCUT2D eigenvalue weighted by Crippen LogP contribution is 2.25. The molecule has 0 fully saturated rings. The van der Waals surface area contributed by atoms with Gasteiger partial charge in [-0.15, -0.1) is 0 Å². The monoisotopic (exact) mass is 341 g/mol. The molecule has 0 spiro atoms. The van der Waals surface area contributed by atoms with Gasteiger partial charge in [-0.1, -0.05) is 32.9 Å². The van der Waals surface area contributed by atoms with E-state index in [0.717, 1.165) is 5.56 Å². The number of hydrogen-bond acceptors (Lipinski definition) is 4. The van der Waals surface area contributed by atoms with Gasteiger partial charge >= 0.3 is 5.97 Å². The van der Waals surface area contributed by atoms with Crippen molar-refractivity contribution in [3.05, 3.63) is 59.7 Å². The number of esters is 1. The van der Waals surface area contributed by atoms with Crippen LogP contribution in [0.1, 0.15) is 36.7 Å². The van der Waals surface area contributed by atoms with Crippen LogP contribution in [-0.4, -0.2) is 25.6 Å². The smallest absolute Gasteiger partial charge is 0.337 e. The summed E-state index contributed by atoms with van der Waals surface area (Å²) in [6, 6.07) is 14.2. The number of carbonyl (C=O) groups excluding carboxylic acids is 2. The molecule has 132 valence electrons. The summed E-state index contributed by atoms with van der Waals surface area (Å²) >= 11 is 0. The lowest BCUT2D eigenvalue weighted by molar-refractivity contribution is -0.118. The quantitative estimate of drug-likeness (QED) is 0.841. The molecule has 0 bridgehead atoms. The number of benzene rings is 2. The molecule has 2 aromatic rings. The Bertz CT molecular complexity index is 745. The molecule has 0 saturated carbocycles. The van der Waals surface area contributed by atoms with Crippen molar-refractivity contribution in [2.45, 2.75) is 26.2 Å². The van der Waals surface area contributed by atoms with Gasteiger partial charge in [0.1, 0.15) is 5.75 Å². The maximum absolute atomic E-state index is 12.0. The maximum atomic E-state index is 12.0. The summed E-state index contributed by atoms with van der Waals surface area (Å²) in [5.74, 6) is -0.0319. The van der Waals surface area contributed by atoms with E-state index in [4.69, 9.17) is 4.74 Å². The minimum atomic E-state index is -0.417. The zero-order valence-corrected chi connectivity index (χ0v) is 15.0. The predicted octanol–water partition coefficient (Wildman–Crippen LogP) is 3.79. The number of anilines is 1. The van der Waals surface area contributed by atoms with Crippen molar-refractivity contribution in [1.82, 2.24) is 0 Å². The van der Waals surface area contributed by atoms with Crippen LogP contribution in [-0.2, 0) is 14.9 Å². The topological polar surface area (TPSA) is 64.6 Å². The van der Waals surface area contributed by atoms with E-state index < -0.39 is 5.97 Å². The Kier molecular flexibility index (Phi) is 5.80. The van der Waals surface area contributed by atoms with Crippen molar-refractivity contribution in [2.24, 2.45) is 0 Å². The van der Waals surface area contributed by atoms with Gasteiger partial charge in [-0.3, -0.25) is 4.79 Å². The van der Waals surface area contributed by atoms with E-state index >= 15 is 0 Å². The number of nitrogens with one attached hydrogen (secondary N) is 1. The first-order valence-corrected chi connectivity index (χ1v) is 8.01. The molecular formula is C20H23NO4. The Labute approximate surface area is 148 Å². The van der Waals surface area contributed by atoms with Crippen molar-refractivity contribution < 1.29 is 19.1 Å². The molecule has 2 rings (SSSR count). The highest BCUT2D eigenvalue weighted by atomic mass is 16.5. The number of carbonyl (C=O) groups is 2. The molecule has 0 radical (unpaired) electrons. The fourth-order valence-corrected chi connectivity index (χ4v) is 2.21. The third-order valence-electron chi connectivity index (χ3n) is 3.66. The average molecular weight is 341 g/mol. The molecule has 0 saturated heterocycles. The molecule has 0 aliphatic rings. The first-order chi connectivity index (χ1) is 11.8. The molecule has 1 N–H and O–H groups in total. The van der Waals surface area contributed by atoms with Gasteiger partial charge in [0, 0.05) is 5.69 Å². The van der Waals surface area contributed by atoms with E-state index in [9.17, 15) is 9.59 Å². The summed E-state index contributed by atoms with van der Waals surface area (Å²) in [4.78, 5) is 23.4. The molecule has 5 heteroatoms. The Morgan fingerprint density at radius 1 is 1.04 bits per heavy atom. The summed E-state index contributed by atoms with van der Waals surface area (Å²) in [7, 11) is 1.32. The van der Waals surface area contributed by atoms with Crippen LogP contribution >= 0.6 is 0 Å². The third-order valence-corrected chi connectivity index (χ3v) is 3.66. The van der Waals surface area contributed by atoms with Gasteiger partial charge in [0.2, 0.25) is 0 Å². The van der Waals surface area contributed by atoms with Crippen LogP contribution in [0.4, 0.5) is 5.69 Å². The van der Waals surface area contributed by atoms with Crippen LogP contribution in [0.25, 0.3) is 0 Å². The molecule has 0 heterocycles. The molecule has 2 aromatic carbocycles. The number of methoxy groups -OCH3 is 1. The Morgan fingerprint density at radius 3 is 2.32 bits per heavy atom. The van der Waals surface area contributed by atoms with Crippen molar-refractivity contribution >= 4 is 17.6 Å². The van der Waals surface area contributed by atoms with Gasteiger partial charge in [-0.2, -0.15) is 0 Å². The summed E-state index contributed by atoms with van der Waals surface area (Å²) in [5.41, 5.74) is 2.17. The van der Waals surface area contributed by atoms with Crippen molar-refractivity contribution in [3.63, 3.8) is 0 Å². The lowest BCUT2D eigenvalue weighted by Crippen LogP contribution is -2.20. The van der Waals surface area contributed by atoms with Gasteiger partial charge < -0.3 is 14.8 Å². The van der Waals surface area contributed by atoms with Crippen LogP contribution in [0, 0.1) is 0 Å². The Balaban J connectivity index is 1.92. The zero-order valence-electron chi connectivity index (χ0n) is 15.0. The first kappa shape index (κ1) is 18.5. The average Bonchev–Trinajstić information content (AvgIpc) is 2.59. The van der Waals surface area contributed by atoms with Gasteiger partial charge in [0.25, 0.3) is 5.91 Å². The van der Waals surface area contributed by atoms with Gasteiger partial charge in [0.05, 0.1) is 12.7 Å². The Morgan fingerprint density at radius 2 is 1.72 bits per heavy atom. The van der Waals surface area contributed by atoms with E-state index in [-0.39, 0.29) is 17.9 Å². The molecule has 0 unspecified atom stereocenters. The van der Waals surface area contributed by atoms with Crippen LogP contribution in [0.5, 0.6) is 5.75 Å². The lowest BCUT2D eigenvalue weighted by atomic mass is 9.87. The normalized spacial score (nSPS) is 10.9. The third kappa shape index (κ3) is 5.35. The van der Waals surface area contributed by atoms with Gasteiger partial charge in [-0.05, 0) is 47.4 Å². The summed E-state index contributed by atoms with van der Waals surface area (Å²) < 4.78 is 10.2. The molecule has 25 heavy (non-hydrogen) atoms. The Hall–Kier alpha value is -2.82. The molecule has 5 nitrogen and oxygen atoms in total.